The maximum atomic E-state index is 10.7. The highest BCUT2D eigenvalue weighted by Crippen LogP contribution is 2.36. The Kier molecular flexibility index (Phi) is 2.18. The molecule has 0 amide bonds. The highest BCUT2D eigenvalue weighted by atomic mass is 32.1. The van der Waals surface area contributed by atoms with Gasteiger partial charge >= 0.3 is 6.16 Å². The number of rotatable bonds is 1. The van der Waals surface area contributed by atoms with Crippen LogP contribution in [-0.2, 0) is 6.54 Å². The summed E-state index contributed by atoms with van der Waals surface area (Å²) in [5, 5.41) is 15.8. The van der Waals surface area contributed by atoms with Crippen molar-refractivity contribution < 1.29 is 14.6 Å². The number of carbonyl (C=O) groups is 1. The minimum Gasteiger partial charge on any atom is -0.449 e. The van der Waals surface area contributed by atoms with Crippen LogP contribution in [0.2, 0.25) is 0 Å². The van der Waals surface area contributed by atoms with Gasteiger partial charge in [-0.15, -0.1) is 11.3 Å². The molecular formula is C11H7N5O3S. The third-order valence-corrected chi connectivity index (χ3v) is 3.94. The molecule has 1 N–H and O–H groups in total. The Bertz CT molecular complexity index is 818. The van der Waals surface area contributed by atoms with Crippen LogP contribution in [0.25, 0.3) is 16.4 Å². The number of thiophene rings is 1. The third kappa shape index (κ3) is 1.46. The molecule has 20 heavy (non-hydrogen) atoms. The van der Waals surface area contributed by atoms with E-state index in [2.05, 4.69) is 15.1 Å². The largest absolute Gasteiger partial charge is 0.512 e. The molecule has 100 valence electrons. The third-order valence-electron chi connectivity index (χ3n) is 3.03. The standard InChI is InChI=1S/C11H7N5O3S/c17-11(18)19-9-7-3-16-8(12-4-14-16)6-1-2-20-10(6)15(7)5-13-9/h1-2,4-5H,3H2,(H,17,18). The second-order valence-corrected chi connectivity index (χ2v) is 5.01. The molecule has 0 aliphatic carbocycles. The molecule has 0 bridgehead atoms. The summed E-state index contributed by atoms with van der Waals surface area (Å²) < 4.78 is 8.23. The number of imidazole rings is 1. The van der Waals surface area contributed by atoms with Crippen molar-refractivity contribution in [3.05, 3.63) is 29.8 Å². The Morgan fingerprint density at radius 3 is 3.20 bits per heavy atom. The Balaban J connectivity index is 1.97. The van der Waals surface area contributed by atoms with E-state index in [9.17, 15) is 4.79 Å². The molecule has 0 fully saturated rings. The fraction of sp³-hybridized carbons (Fsp3) is 0.0909. The number of hydrogen-bond acceptors (Lipinski definition) is 6. The predicted octanol–water partition coefficient (Wildman–Crippen LogP) is 1.61. The lowest BCUT2D eigenvalue weighted by atomic mass is 10.3. The first-order chi connectivity index (χ1) is 9.74. The van der Waals surface area contributed by atoms with E-state index in [1.807, 2.05) is 16.0 Å². The lowest BCUT2D eigenvalue weighted by molar-refractivity contribution is 0.142. The molecule has 4 heterocycles. The maximum absolute atomic E-state index is 10.7. The van der Waals surface area contributed by atoms with Gasteiger partial charge in [0.2, 0.25) is 5.88 Å². The minimum atomic E-state index is -1.39. The number of nitrogens with zero attached hydrogens (tertiary/aromatic N) is 5. The van der Waals surface area contributed by atoms with Gasteiger partial charge in [0.25, 0.3) is 0 Å². The van der Waals surface area contributed by atoms with Gasteiger partial charge in [-0.3, -0.25) is 4.57 Å². The average Bonchev–Trinajstić information content (AvgIpc) is 3.08. The second-order valence-electron chi connectivity index (χ2n) is 4.12. The Labute approximate surface area is 115 Å². The number of ether oxygens (including phenoxy) is 1. The molecule has 0 unspecified atom stereocenters. The molecule has 0 radical (unpaired) electrons. The molecule has 0 spiro atoms. The van der Waals surface area contributed by atoms with E-state index in [0.29, 0.717) is 12.2 Å². The number of carboxylic acid groups (broad SMARTS) is 1. The van der Waals surface area contributed by atoms with Gasteiger partial charge < -0.3 is 9.84 Å². The van der Waals surface area contributed by atoms with Crippen LogP contribution in [-0.4, -0.2) is 35.6 Å². The zero-order chi connectivity index (χ0) is 13.7. The van der Waals surface area contributed by atoms with Gasteiger partial charge in [0.05, 0.1) is 12.1 Å². The predicted molar refractivity (Wildman–Crippen MR) is 68.2 cm³/mol. The SMILES string of the molecule is O=C(O)Oc1ncn2c1Cn1ncnc1-c1ccsc1-2. The van der Waals surface area contributed by atoms with Gasteiger partial charge in [-0.05, 0) is 11.4 Å². The Morgan fingerprint density at radius 2 is 2.35 bits per heavy atom. The molecule has 1 aliphatic rings. The molecule has 1 aliphatic heterocycles. The van der Waals surface area contributed by atoms with Crippen molar-refractivity contribution in [2.24, 2.45) is 0 Å². The summed E-state index contributed by atoms with van der Waals surface area (Å²) in [5.41, 5.74) is 1.56. The van der Waals surface area contributed by atoms with E-state index >= 15 is 0 Å². The summed E-state index contributed by atoms with van der Waals surface area (Å²) in [5.74, 6) is 0.812. The Hall–Kier alpha value is -2.68. The summed E-state index contributed by atoms with van der Waals surface area (Å²) in [6, 6.07) is 1.95. The van der Waals surface area contributed by atoms with Crippen molar-refractivity contribution in [3.8, 4) is 22.3 Å². The molecular weight excluding hydrogens is 282 g/mol. The summed E-state index contributed by atoms with van der Waals surface area (Å²) >= 11 is 1.52. The smallest absolute Gasteiger partial charge is 0.449 e. The number of hydrogen-bond donors (Lipinski definition) is 1. The summed E-state index contributed by atoms with van der Waals surface area (Å²) in [6.45, 7) is 0.347. The van der Waals surface area contributed by atoms with Crippen LogP contribution in [0, 0.1) is 0 Å². The first-order valence-corrected chi connectivity index (χ1v) is 6.55. The van der Waals surface area contributed by atoms with Crippen LogP contribution in [0.3, 0.4) is 0 Å². The van der Waals surface area contributed by atoms with Gasteiger partial charge in [0, 0.05) is 0 Å². The zero-order valence-electron chi connectivity index (χ0n) is 9.92. The van der Waals surface area contributed by atoms with Crippen LogP contribution in [0.4, 0.5) is 4.79 Å². The second kappa shape index (κ2) is 3.90. The number of fused-ring (bicyclic) bond motifs is 5. The molecule has 8 nitrogen and oxygen atoms in total. The first kappa shape index (κ1) is 11.2. The molecule has 3 aromatic heterocycles. The van der Waals surface area contributed by atoms with E-state index in [1.165, 1.54) is 17.7 Å². The van der Waals surface area contributed by atoms with Crippen molar-refractivity contribution in [3.63, 3.8) is 0 Å². The lowest BCUT2D eigenvalue weighted by Crippen LogP contribution is -2.09. The summed E-state index contributed by atoms with van der Waals surface area (Å²) in [4.78, 5) is 19.0. The number of aromatic nitrogens is 5. The molecule has 0 aromatic carbocycles. The molecule has 0 saturated heterocycles. The zero-order valence-corrected chi connectivity index (χ0v) is 10.7. The van der Waals surface area contributed by atoms with Crippen LogP contribution in [0.5, 0.6) is 5.88 Å². The fourth-order valence-corrected chi connectivity index (χ4v) is 3.12. The highest BCUT2D eigenvalue weighted by molar-refractivity contribution is 7.13. The minimum absolute atomic E-state index is 0.0696. The Morgan fingerprint density at radius 1 is 1.45 bits per heavy atom. The first-order valence-electron chi connectivity index (χ1n) is 5.67. The van der Waals surface area contributed by atoms with Crippen molar-refractivity contribution in [1.82, 2.24) is 24.3 Å². The van der Waals surface area contributed by atoms with Crippen LogP contribution < -0.4 is 4.74 Å². The van der Waals surface area contributed by atoms with Crippen molar-refractivity contribution in [1.29, 1.82) is 0 Å². The van der Waals surface area contributed by atoms with Gasteiger partial charge in [-0.25, -0.2) is 19.4 Å². The lowest BCUT2D eigenvalue weighted by Gasteiger charge is -2.04. The topological polar surface area (TPSA) is 95.1 Å². The van der Waals surface area contributed by atoms with E-state index < -0.39 is 6.16 Å². The van der Waals surface area contributed by atoms with Crippen LogP contribution in [0.1, 0.15) is 5.69 Å². The summed E-state index contributed by atoms with van der Waals surface area (Å²) in [7, 11) is 0. The van der Waals surface area contributed by atoms with Gasteiger partial charge in [-0.1, -0.05) is 0 Å². The molecule has 0 atom stereocenters. The van der Waals surface area contributed by atoms with Crippen LogP contribution in [0.15, 0.2) is 24.1 Å². The molecule has 4 rings (SSSR count). The maximum Gasteiger partial charge on any atom is 0.512 e. The van der Waals surface area contributed by atoms with Gasteiger partial charge in [0.1, 0.15) is 23.3 Å². The van der Waals surface area contributed by atoms with Gasteiger partial charge in [0.15, 0.2) is 5.82 Å². The molecule has 3 aromatic rings. The van der Waals surface area contributed by atoms with Crippen molar-refractivity contribution >= 4 is 17.5 Å². The highest BCUT2D eigenvalue weighted by Gasteiger charge is 2.25. The van der Waals surface area contributed by atoms with Crippen molar-refractivity contribution in [2.45, 2.75) is 6.54 Å². The van der Waals surface area contributed by atoms with Crippen LogP contribution >= 0.6 is 11.3 Å². The average molecular weight is 289 g/mol. The normalized spacial score (nSPS) is 12.2. The monoisotopic (exact) mass is 289 g/mol. The quantitative estimate of drug-likeness (QED) is 0.535. The summed E-state index contributed by atoms with van der Waals surface area (Å²) in [6.07, 6.45) is 1.64. The van der Waals surface area contributed by atoms with E-state index in [0.717, 1.165) is 16.4 Å². The van der Waals surface area contributed by atoms with E-state index in [-0.39, 0.29) is 5.88 Å². The molecule has 9 heteroatoms. The van der Waals surface area contributed by atoms with Crippen molar-refractivity contribution in [2.75, 3.05) is 0 Å². The van der Waals surface area contributed by atoms with Gasteiger partial charge in [-0.2, -0.15) is 5.10 Å². The fourth-order valence-electron chi connectivity index (χ4n) is 2.23. The van der Waals surface area contributed by atoms with E-state index in [1.54, 1.807) is 11.0 Å². The van der Waals surface area contributed by atoms with E-state index in [4.69, 9.17) is 9.84 Å². The molecule has 0 saturated carbocycles.